The Morgan fingerprint density at radius 2 is 2.00 bits per heavy atom. The van der Waals surface area contributed by atoms with E-state index in [0.29, 0.717) is 12.0 Å². The summed E-state index contributed by atoms with van der Waals surface area (Å²) in [5.41, 5.74) is 0.902. The third-order valence-electron chi connectivity index (χ3n) is 4.25. The van der Waals surface area contributed by atoms with Gasteiger partial charge in [0.15, 0.2) is 6.10 Å². The minimum Gasteiger partial charge on any atom is -0.356 e. The quantitative estimate of drug-likeness (QED) is 0.902. The molecule has 3 rings (SSSR count). The zero-order chi connectivity index (χ0) is 16.4. The number of carbonyl (C=O) groups is 2. The van der Waals surface area contributed by atoms with Crippen molar-refractivity contribution >= 4 is 11.8 Å². The van der Waals surface area contributed by atoms with Gasteiger partial charge in [-0.1, -0.05) is 44.2 Å². The number of nitrogens with one attached hydrogen (secondary N) is 1. The summed E-state index contributed by atoms with van der Waals surface area (Å²) in [7, 11) is 0. The number of hydrogen-bond acceptors (Lipinski definition) is 3. The second kappa shape index (κ2) is 6.71. The van der Waals surface area contributed by atoms with Gasteiger partial charge in [-0.2, -0.15) is 0 Å². The first-order chi connectivity index (χ1) is 11.1. The lowest BCUT2D eigenvalue weighted by molar-refractivity contribution is -0.156. The predicted molar refractivity (Wildman–Crippen MR) is 86.6 cm³/mol. The van der Waals surface area contributed by atoms with Crippen LogP contribution in [0.4, 0.5) is 0 Å². The molecular weight excluding hydrogens is 292 g/mol. The molecule has 1 N–H and O–H groups in total. The average Bonchev–Trinajstić information content (AvgIpc) is 3.37. The van der Waals surface area contributed by atoms with E-state index in [2.05, 4.69) is 19.2 Å². The molecule has 1 saturated carbocycles. The van der Waals surface area contributed by atoms with E-state index in [1.54, 1.807) is 0 Å². The molecule has 0 radical (unpaired) electrons. The molecule has 5 nitrogen and oxygen atoms in total. The first-order valence-electron chi connectivity index (χ1n) is 8.32. The molecule has 0 unspecified atom stereocenters. The van der Waals surface area contributed by atoms with Gasteiger partial charge in [0.05, 0.1) is 6.04 Å². The monoisotopic (exact) mass is 316 g/mol. The lowest BCUT2D eigenvalue weighted by Crippen LogP contribution is -2.54. The summed E-state index contributed by atoms with van der Waals surface area (Å²) >= 11 is 0. The van der Waals surface area contributed by atoms with Crippen molar-refractivity contribution in [3.05, 3.63) is 35.9 Å². The highest BCUT2D eigenvalue weighted by Gasteiger charge is 2.42. The van der Waals surface area contributed by atoms with E-state index in [-0.39, 0.29) is 18.4 Å². The number of nitrogens with zero attached hydrogens (tertiary/aromatic N) is 1. The Morgan fingerprint density at radius 3 is 2.61 bits per heavy atom. The van der Waals surface area contributed by atoms with E-state index in [1.807, 2.05) is 35.2 Å². The van der Waals surface area contributed by atoms with E-state index in [9.17, 15) is 9.59 Å². The number of rotatable bonds is 5. The van der Waals surface area contributed by atoms with Crippen LogP contribution in [0.15, 0.2) is 30.3 Å². The summed E-state index contributed by atoms with van der Waals surface area (Å²) in [6.07, 6.45) is 1.48. The van der Waals surface area contributed by atoms with Crippen molar-refractivity contribution in [2.45, 2.75) is 44.9 Å². The van der Waals surface area contributed by atoms with E-state index in [0.717, 1.165) is 24.9 Å². The van der Waals surface area contributed by atoms with Crippen LogP contribution in [0.25, 0.3) is 0 Å². The molecule has 1 saturated heterocycles. The van der Waals surface area contributed by atoms with Crippen molar-refractivity contribution in [1.29, 1.82) is 0 Å². The van der Waals surface area contributed by atoms with Gasteiger partial charge in [0.1, 0.15) is 6.61 Å². The third kappa shape index (κ3) is 3.72. The molecule has 2 aliphatic rings. The van der Waals surface area contributed by atoms with Gasteiger partial charge in [-0.25, -0.2) is 0 Å². The maximum absolute atomic E-state index is 13.1. The largest absolute Gasteiger partial charge is 0.356 e. The Balaban J connectivity index is 1.82. The fraction of sp³-hybridized carbons (Fsp3) is 0.556. The van der Waals surface area contributed by atoms with Crippen molar-refractivity contribution in [2.24, 2.45) is 5.92 Å². The normalized spacial score (nSPS) is 24.4. The molecule has 0 bridgehead atoms. The van der Waals surface area contributed by atoms with Gasteiger partial charge >= 0.3 is 0 Å². The zero-order valence-electron chi connectivity index (χ0n) is 13.7. The topological polar surface area (TPSA) is 58.6 Å². The summed E-state index contributed by atoms with van der Waals surface area (Å²) in [6.45, 7) is 4.90. The summed E-state index contributed by atoms with van der Waals surface area (Å²) < 4.78 is 5.66. The van der Waals surface area contributed by atoms with Crippen molar-refractivity contribution in [1.82, 2.24) is 10.2 Å². The molecule has 1 aromatic rings. The zero-order valence-corrected chi connectivity index (χ0v) is 13.7. The fourth-order valence-corrected chi connectivity index (χ4v) is 3.05. The number of ether oxygens (including phenoxy) is 1. The summed E-state index contributed by atoms with van der Waals surface area (Å²) in [4.78, 5) is 26.8. The molecule has 2 fully saturated rings. The van der Waals surface area contributed by atoms with Crippen LogP contribution in [-0.2, 0) is 14.3 Å². The van der Waals surface area contributed by atoms with Gasteiger partial charge in [0.2, 0.25) is 5.91 Å². The number of hydrogen-bond donors (Lipinski definition) is 1. The maximum Gasteiger partial charge on any atom is 0.254 e. The molecule has 5 heteroatoms. The Kier molecular flexibility index (Phi) is 4.66. The number of morpholine rings is 1. The maximum atomic E-state index is 13.1. The summed E-state index contributed by atoms with van der Waals surface area (Å²) in [5.74, 6) is 0.229. The van der Waals surface area contributed by atoms with Gasteiger partial charge in [-0.3, -0.25) is 9.59 Å². The first-order valence-corrected chi connectivity index (χ1v) is 8.32. The molecule has 2 atom stereocenters. The van der Waals surface area contributed by atoms with Gasteiger partial charge in [0, 0.05) is 12.6 Å². The molecule has 23 heavy (non-hydrogen) atoms. The Bertz CT molecular complexity index is 569. The van der Waals surface area contributed by atoms with Crippen molar-refractivity contribution in [2.75, 3.05) is 13.2 Å². The van der Waals surface area contributed by atoms with Crippen LogP contribution in [0.5, 0.6) is 0 Å². The van der Waals surface area contributed by atoms with Crippen LogP contribution in [0.1, 0.15) is 38.3 Å². The molecule has 1 heterocycles. The van der Waals surface area contributed by atoms with Crippen LogP contribution in [0.2, 0.25) is 0 Å². The van der Waals surface area contributed by atoms with Gasteiger partial charge < -0.3 is 15.0 Å². The van der Waals surface area contributed by atoms with Crippen LogP contribution in [0, 0.1) is 5.92 Å². The molecule has 1 aromatic carbocycles. The predicted octanol–water partition coefficient (Wildman–Crippen LogP) is 1.89. The van der Waals surface area contributed by atoms with E-state index in [4.69, 9.17) is 4.74 Å². The fourth-order valence-electron chi connectivity index (χ4n) is 3.05. The van der Waals surface area contributed by atoms with Crippen molar-refractivity contribution in [3.8, 4) is 0 Å². The number of amides is 2. The molecule has 0 aromatic heterocycles. The van der Waals surface area contributed by atoms with Crippen LogP contribution >= 0.6 is 0 Å². The minimum absolute atomic E-state index is 0.00458. The van der Waals surface area contributed by atoms with Gasteiger partial charge in [-0.05, 0) is 24.3 Å². The molecule has 2 amide bonds. The third-order valence-corrected chi connectivity index (χ3v) is 4.25. The highest BCUT2D eigenvalue weighted by atomic mass is 16.5. The van der Waals surface area contributed by atoms with E-state index < -0.39 is 12.1 Å². The molecule has 124 valence electrons. The Labute approximate surface area is 137 Å². The first kappa shape index (κ1) is 16.0. The average molecular weight is 316 g/mol. The molecular formula is C18H24N2O3. The smallest absolute Gasteiger partial charge is 0.254 e. The second-order valence-electron chi connectivity index (χ2n) is 6.80. The number of carbonyl (C=O) groups excluding carboxylic acids is 2. The second-order valence-corrected chi connectivity index (χ2v) is 6.80. The molecule has 0 spiro atoms. The van der Waals surface area contributed by atoms with Crippen molar-refractivity contribution < 1.29 is 14.3 Å². The summed E-state index contributed by atoms with van der Waals surface area (Å²) in [6, 6.07) is 9.49. The SMILES string of the molecule is CC(C)CN(C(=O)[C@H]1OCC(=O)N[C@@H]1c1ccccc1)C1CC1. The van der Waals surface area contributed by atoms with Gasteiger partial charge in [-0.15, -0.1) is 0 Å². The highest BCUT2D eigenvalue weighted by molar-refractivity contribution is 5.86. The lowest BCUT2D eigenvalue weighted by atomic mass is 9.98. The van der Waals surface area contributed by atoms with Crippen LogP contribution < -0.4 is 5.32 Å². The van der Waals surface area contributed by atoms with Crippen LogP contribution in [-0.4, -0.2) is 42.0 Å². The lowest BCUT2D eigenvalue weighted by Gasteiger charge is -2.36. The number of benzene rings is 1. The van der Waals surface area contributed by atoms with E-state index >= 15 is 0 Å². The Hall–Kier alpha value is -1.88. The summed E-state index contributed by atoms with van der Waals surface area (Å²) in [5, 5.41) is 2.92. The minimum atomic E-state index is -0.644. The molecule has 1 aliphatic heterocycles. The van der Waals surface area contributed by atoms with E-state index in [1.165, 1.54) is 0 Å². The highest BCUT2D eigenvalue weighted by Crippen LogP contribution is 2.31. The standard InChI is InChI=1S/C18H24N2O3/c1-12(2)10-20(14-8-9-14)18(22)17-16(19-15(21)11-23-17)13-6-4-3-5-7-13/h3-7,12,14,16-17H,8-11H2,1-2H3,(H,19,21)/t16-,17+/m1/s1. The van der Waals surface area contributed by atoms with Crippen LogP contribution in [0.3, 0.4) is 0 Å². The molecule has 1 aliphatic carbocycles. The Morgan fingerprint density at radius 1 is 1.30 bits per heavy atom. The van der Waals surface area contributed by atoms with Gasteiger partial charge in [0.25, 0.3) is 5.91 Å². The van der Waals surface area contributed by atoms with Crippen molar-refractivity contribution in [3.63, 3.8) is 0 Å².